The molecule has 0 aromatic carbocycles. The van der Waals surface area contributed by atoms with E-state index >= 15 is 0 Å². The maximum atomic E-state index is 5.98. The molecule has 1 unspecified atom stereocenters. The Kier molecular flexibility index (Phi) is 7.63. The quantitative estimate of drug-likeness (QED) is 0.676. The minimum atomic E-state index is 0.484. The van der Waals surface area contributed by atoms with Gasteiger partial charge in [0.15, 0.2) is 0 Å². The van der Waals surface area contributed by atoms with E-state index in [2.05, 4.69) is 25.2 Å². The van der Waals surface area contributed by atoms with Gasteiger partial charge in [-0.3, -0.25) is 0 Å². The number of hydrogen-bond donors (Lipinski definition) is 1. The van der Waals surface area contributed by atoms with Crippen LogP contribution in [0, 0.1) is 11.8 Å². The normalized spacial score (nSPS) is 27.8. The fourth-order valence-corrected chi connectivity index (χ4v) is 3.90. The van der Waals surface area contributed by atoms with Crippen molar-refractivity contribution in [2.45, 2.75) is 84.1 Å². The summed E-state index contributed by atoms with van der Waals surface area (Å²) in [7, 11) is 0. The van der Waals surface area contributed by atoms with Crippen molar-refractivity contribution in [3.8, 4) is 0 Å². The summed E-state index contributed by atoms with van der Waals surface area (Å²) in [5.74, 6) is 3.04. The van der Waals surface area contributed by atoms with Crippen molar-refractivity contribution in [1.29, 1.82) is 0 Å². The third kappa shape index (κ3) is 5.32. The molecule has 1 saturated carbocycles. The van der Waals surface area contributed by atoms with Gasteiger partial charge in [-0.1, -0.05) is 46.0 Å². The van der Waals surface area contributed by atoms with Crippen LogP contribution in [-0.4, -0.2) is 19.2 Å². The molecular weight excluding hydrogens is 258 g/mol. The minimum Gasteiger partial charge on any atom is -0.497 e. The lowest BCUT2D eigenvalue weighted by atomic mass is 9.76. The molecule has 0 spiro atoms. The molecule has 2 nitrogen and oxygen atoms in total. The molecule has 2 rings (SSSR count). The van der Waals surface area contributed by atoms with Crippen LogP contribution in [0.1, 0.15) is 78.1 Å². The second-order valence-electron chi connectivity index (χ2n) is 6.95. The largest absolute Gasteiger partial charge is 0.497 e. The maximum Gasteiger partial charge on any atom is 0.109 e. The van der Waals surface area contributed by atoms with Crippen LogP contribution in [0.2, 0.25) is 0 Å². The van der Waals surface area contributed by atoms with E-state index in [1.54, 1.807) is 0 Å². The Morgan fingerprint density at radius 1 is 1.19 bits per heavy atom. The first-order valence-corrected chi connectivity index (χ1v) is 9.41. The molecule has 2 heteroatoms. The van der Waals surface area contributed by atoms with Crippen LogP contribution in [-0.2, 0) is 4.74 Å². The van der Waals surface area contributed by atoms with Crippen molar-refractivity contribution in [3.05, 3.63) is 11.8 Å². The van der Waals surface area contributed by atoms with E-state index in [-0.39, 0.29) is 0 Å². The van der Waals surface area contributed by atoms with Gasteiger partial charge in [0.05, 0.1) is 12.6 Å². The van der Waals surface area contributed by atoms with E-state index in [0.717, 1.165) is 25.0 Å². The predicted octanol–water partition coefficient (Wildman–Crippen LogP) is 5.05. The summed E-state index contributed by atoms with van der Waals surface area (Å²) in [5, 5.41) is 3.77. The highest BCUT2D eigenvalue weighted by atomic mass is 16.5. The molecule has 122 valence electrons. The lowest BCUT2D eigenvalue weighted by molar-refractivity contribution is 0.130. The van der Waals surface area contributed by atoms with Gasteiger partial charge >= 0.3 is 0 Å². The Labute approximate surface area is 131 Å². The summed E-state index contributed by atoms with van der Waals surface area (Å²) >= 11 is 0. The third-order valence-corrected chi connectivity index (χ3v) is 5.21. The molecule has 1 aliphatic carbocycles. The molecule has 0 aromatic rings. The van der Waals surface area contributed by atoms with Gasteiger partial charge in [0, 0.05) is 0 Å². The van der Waals surface area contributed by atoms with Crippen molar-refractivity contribution in [1.82, 2.24) is 5.32 Å². The third-order valence-electron chi connectivity index (χ3n) is 5.21. The van der Waals surface area contributed by atoms with Gasteiger partial charge in [-0.15, -0.1) is 0 Å². The van der Waals surface area contributed by atoms with Gasteiger partial charge in [0.1, 0.15) is 5.76 Å². The molecule has 1 N–H and O–H groups in total. The highest BCUT2D eigenvalue weighted by Gasteiger charge is 2.30. The van der Waals surface area contributed by atoms with Gasteiger partial charge in [0.2, 0.25) is 0 Å². The SMILES string of the molecule is CCCCC1CCC(C(NCCC)C2=CCCCO2)CC1. The zero-order valence-corrected chi connectivity index (χ0v) is 14.2. The number of rotatable bonds is 8. The highest BCUT2D eigenvalue weighted by molar-refractivity contribution is 5.08. The fraction of sp³-hybridized carbons (Fsp3) is 0.895. The second kappa shape index (κ2) is 9.50. The molecular formula is C19H35NO. The highest BCUT2D eigenvalue weighted by Crippen LogP contribution is 2.36. The fourth-order valence-electron chi connectivity index (χ4n) is 3.90. The predicted molar refractivity (Wildman–Crippen MR) is 90.3 cm³/mol. The minimum absolute atomic E-state index is 0.484. The molecule has 1 aliphatic heterocycles. The van der Waals surface area contributed by atoms with Gasteiger partial charge in [-0.05, 0) is 56.6 Å². The van der Waals surface area contributed by atoms with E-state index < -0.39 is 0 Å². The smallest absolute Gasteiger partial charge is 0.109 e. The van der Waals surface area contributed by atoms with Crippen LogP contribution in [0.25, 0.3) is 0 Å². The van der Waals surface area contributed by atoms with Crippen molar-refractivity contribution < 1.29 is 4.74 Å². The first-order valence-electron chi connectivity index (χ1n) is 9.41. The van der Waals surface area contributed by atoms with Crippen LogP contribution < -0.4 is 5.32 Å². The Morgan fingerprint density at radius 3 is 2.62 bits per heavy atom. The van der Waals surface area contributed by atoms with Crippen molar-refractivity contribution in [3.63, 3.8) is 0 Å². The average molecular weight is 293 g/mol. The lowest BCUT2D eigenvalue weighted by Crippen LogP contribution is -2.41. The van der Waals surface area contributed by atoms with Crippen LogP contribution in [0.3, 0.4) is 0 Å². The number of nitrogens with one attached hydrogen (secondary N) is 1. The van der Waals surface area contributed by atoms with E-state index in [9.17, 15) is 0 Å². The van der Waals surface area contributed by atoms with Gasteiger partial charge in [-0.2, -0.15) is 0 Å². The van der Waals surface area contributed by atoms with Crippen molar-refractivity contribution >= 4 is 0 Å². The molecule has 2 aliphatic rings. The molecule has 0 bridgehead atoms. The Hall–Kier alpha value is -0.500. The molecule has 1 heterocycles. The Morgan fingerprint density at radius 2 is 2.00 bits per heavy atom. The molecule has 0 radical (unpaired) electrons. The van der Waals surface area contributed by atoms with Crippen LogP contribution in [0.4, 0.5) is 0 Å². The maximum absolute atomic E-state index is 5.98. The van der Waals surface area contributed by atoms with Gasteiger partial charge in [-0.25, -0.2) is 0 Å². The lowest BCUT2D eigenvalue weighted by Gasteiger charge is -2.36. The number of hydrogen-bond acceptors (Lipinski definition) is 2. The Bertz CT molecular complexity index is 305. The summed E-state index contributed by atoms with van der Waals surface area (Å²) < 4.78 is 5.98. The summed E-state index contributed by atoms with van der Waals surface area (Å²) in [6.45, 7) is 6.59. The first kappa shape index (κ1) is 16.9. The summed E-state index contributed by atoms with van der Waals surface area (Å²) in [4.78, 5) is 0. The van der Waals surface area contributed by atoms with E-state index in [1.165, 1.54) is 70.0 Å². The molecule has 1 fully saturated rings. The molecule has 1 atom stereocenters. The topological polar surface area (TPSA) is 21.3 Å². The molecule has 0 aromatic heterocycles. The van der Waals surface area contributed by atoms with E-state index in [0.29, 0.717) is 6.04 Å². The van der Waals surface area contributed by atoms with E-state index in [1.807, 2.05) is 0 Å². The van der Waals surface area contributed by atoms with E-state index in [4.69, 9.17) is 4.74 Å². The summed E-state index contributed by atoms with van der Waals surface area (Å²) in [6.07, 6.45) is 15.8. The average Bonchev–Trinajstić information content (AvgIpc) is 2.55. The zero-order valence-electron chi connectivity index (χ0n) is 14.2. The van der Waals surface area contributed by atoms with Crippen LogP contribution in [0.15, 0.2) is 11.8 Å². The first-order chi connectivity index (χ1) is 10.3. The van der Waals surface area contributed by atoms with Crippen molar-refractivity contribution in [2.24, 2.45) is 11.8 Å². The molecule has 21 heavy (non-hydrogen) atoms. The standard InChI is InChI=1S/C19H35NO/c1-3-5-8-16-10-12-17(13-11-16)19(20-14-4-2)18-9-6-7-15-21-18/h9,16-17,19-20H,3-8,10-15H2,1-2H3. The van der Waals surface area contributed by atoms with Crippen LogP contribution in [0.5, 0.6) is 0 Å². The molecule has 0 saturated heterocycles. The van der Waals surface area contributed by atoms with Gasteiger partial charge < -0.3 is 10.1 Å². The number of ether oxygens (including phenoxy) is 1. The van der Waals surface area contributed by atoms with Crippen LogP contribution >= 0.6 is 0 Å². The Balaban J connectivity index is 1.87. The number of unbranched alkanes of at least 4 members (excludes halogenated alkanes) is 1. The second-order valence-corrected chi connectivity index (χ2v) is 6.95. The van der Waals surface area contributed by atoms with Gasteiger partial charge in [0.25, 0.3) is 0 Å². The summed E-state index contributed by atoms with van der Waals surface area (Å²) in [5.41, 5.74) is 0. The zero-order chi connectivity index (χ0) is 14.9. The van der Waals surface area contributed by atoms with Crippen molar-refractivity contribution in [2.75, 3.05) is 13.2 Å². The monoisotopic (exact) mass is 293 g/mol. The number of allylic oxidation sites excluding steroid dienone is 1. The summed E-state index contributed by atoms with van der Waals surface area (Å²) in [6, 6.07) is 0.484. The molecule has 0 amide bonds.